The number of hydrogen-bond donors (Lipinski definition) is 0. The number of rotatable bonds is 1. The molecule has 0 unspecified atom stereocenters. The first-order valence-corrected chi connectivity index (χ1v) is 4.43. The van der Waals surface area contributed by atoms with Crippen LogP contribution in [0.1, 0.15) is 32.1 Å². The van der Waals surface area contributed by atoms with Gasteiger partial charge in [-0.3, -0.25) is 4.99 Å². The lowest BCUT2D eigenvalue weighted by Crippen LogP contribution is -2.09. The summed E-state index contributed by atoms with van der Waals surface area (Å²) in [6, 6.07) is 0.402. The highest BCUT2D eigenvalue weighted by molar-refractivity contribution is 6.95. The third-order valence-corrected chi connectivity index (χ3v) is 2.05. The molecule has 1 rings (SSSR count). The molecule has 0 saturated heterocycles. The maximum atomic E-state index is 5.43. The molecule has 1 saturated carbocycles. The molecule has 0 radical (unpaired) electrons. The van der Waals surface area contributed by atoms with Crippen LogP contribution < -0.4 is 0 Å². The quantitative estimate of drug-likeness (QED) is 0.549. The van der Waals surface area contributed by atoms with E-state index in [1.165, 1.54) is 19.3 Å². The maximum absolute atomic E-state index is 5.43. The number of nitrogens with zero attached hydrogens (tertiary/aromatic N) is 1. The van der Waals surface area contributed by atoms with Gasteiger partial charge in [-0.05, 0) is 36.0 Å². The average molecular weight is 180 g/mol. The van der Waals surface area contributed by atoms with Crippen LogP contribution in [0.5, 0.6) is 0 Å². The highest BCUT2D eigenvalue weighted by atomic mass is 35.5. The van der Waals surface area contributed by atoms with Crippen molar-refractivity contribution in [3.8, 4) is 0 Å². The Bertz CT molecular complexity index is 124. The van der Waals surface area contributed by atoms with Crippen LogP contribution >= 0.6 is 23.2 Å². The summed E-state index contributed by atoms with van der Waals surface area (Å²) in [6.45, 7) is 0. The Morgan fingerprint density at radius 1 is 1.10 bits per heavy atom. The average Bonchev–Trinajstić information content (AvgIpc) is 1.88. The number of hydrogen-bond acceptors (Lipinski definition) is 1. The van der Waals surface area contributed by atoms with Crippen molar-refractivity contribution in [3.05, 3.63) is 0 Å². The minimum Gasteiger partial charge on any atom is -0.259 e. The fraction of sp³-hybridized carbons (Fsp3) is 0.857. The molecule has 0 heterocycles. The maximum Gasteiger partial charge on any atom is 0.192 e. The van der Waals surface area contributed by atoms with E-state index in [9.17, 15) is 0 Å². The van der Waals surface area contributed by atoms with Gasteiger partial charge in [0.05, 0.1) is 6.04 Å². The second-order valence-electron chi connectivity index (χ2n) is 2.66. The van der Waals surface area contributed by atoms with E-state index in [0.29, 0.717) is 6.04 Å². The fourth-order valence-corrected chi connectivity index (χ4v) is 1.62. The molecule has 0 N–H and O–H groups in total. The molecule has 0 aromatic carbocycles. The van der Waals surface area contributed by atoms with Crippen molar-refractivity contribution in [1.82, 2.24) is 0 Å². The van der Waals surface area contributed by atoms with E-state index in [-0.39, 0.29) is 4.63 Å². The molecule has 0 aromatic heterocycles. The largest absolute Gasteiger partial charge is 0.259 e. The molecule has 0 spiro atoms. The van der Waals surface area contributed by atoms with Crippen LogP contribution in [-0.4, -0.2) is 10.7 Å². The predicted octanol–water partition coefficient (Wildman–Crippen LogP) is 3.15. The zero-order valence-corrected chi connectivity index (χ0v) is 7.33. The molecule has 1 aliphatic carbocycles. The van der Waals surface area contributed by atoms with Gasteiger partial charge in [0.25, 0.3) is 0 Å². The van der Waals surface area contributed by atoms with Crippen LogP contribution in [0, 0.1) is 0 Å². The Hall–Kier alpha value is 0.250. The molecule has 1 nitrogen and oxygen atoms in total. The summed E-state index contributed by atoms with van der Waals surface area (Å²) in [7, 11) is 0. The monoisotopic (exact) mass is 179 g/mol. The topological polar surface area (TPSA) is 12.4 Å². The Morgan fingerprint density at radius 2 is 1.70 bits per heavy atom. The SMILES string of the molecule is ClC(Cl)=NC1CCCCC1. The van der Waals surface area contributed by atoms with E-state index in [1.807, 2.05) is 0 Å². The van der Waals surface area contributed by atoms with E-state index in [4.69, 9.17) is 23.2 Å². The second-order valence-corrected chi connectivity index (χ2v) is 3.57. The summed E-state index contributed by atoms with van der Waals surface area (Å²) in [5.41, 5.74) is 0. The first-order valence-electron chi connectivity index (χ1n) is 3.68. The summed E-state index contributed by atoms with van der Waals surface area (Å²) >= 11 is 10.9. The predicted molar refractivity (Wildman–Crippen MR) is 46.0 cm³/mol. The van der Waals surface area contributed by atoms with Crippen molar-refractivity contribution < 1.29 is 0 Å². The third kappa shape index (κ3) is 2.89. The van der Waals surface area contributed by atoms with Gasteiger partial charge in [0.1, 0.15) is 0 Å². The van der Waals surface area contributed by atoms with Gasteiger partial charge >= 0.3 is 0 Å². The smallest absolute Gasteiger partial charge is 0.192 e. The van der Waals surface area contributed by atoms with Crippen molar-refractivity contribution in [1.29, 1.82) is 0 Å². The summed E-state index contributed by atoms with van der Waals surface area (Å²) in [4.78, 5) is 4.08. The molecule has 0 aliphatic heterocycles. The Morgan fingerprint density at radius 3 is 2.20 bits per heavy atom. The van der Waals surface area contributed by atoms with Crippen LogP contribution in [0.4, 0.5) is 0 Å². The van der Waals surface area contributed by atoms with Crippen LogP contribution in [0.3, 0.4) is 0 Å². The van der Waals surface area contributed by atoms with Gasteiger partial charge in [-0.25, -0.2) is 0 Å². The molecule has 58 valence electrons. The number of aliphatic imine (C=N–C) groups is 1. The van der Waals surface area contributed by atoms with E-state index >= 15 is 0 Å². The van der Waals surface area contributed by atoms with E-state index in [2.05, 4.69) is 4.99 Å². The molecule has 10 heavy (non-hydrogen) atoms. The van der Waals surface area contributed by atoms with Gasteiger partial charge in [0.2, 0.25) is 0 Å². The molecule has 0 aromatic rings. The van der Waals surface area contributed by atoms with Gasteiger partial charge in [-0.1, -0.05) is 19.3 Å². The molecule has 3 heteroatoms. The highest BCUT2D eigenvalue weighted by Crippen LogP contribution is 2.20. The molecule has 0 atom stereocenters. The lowest BCUT2D eigenvalue weighted by Gasteiger charge is -2.16. The Kier molecular flexibility index (Phi) is 3.50. The molecule has 1 aliphatic rings. The molecular formula is C7H11Cl2N. The van der Waals surface area contributed by atoms with Crippen molar-refractivity contribution >= 4 is 27.8 Å². The van der Waals surface area contributed by atoms with Crippen molar-refractivity contribution in [2.75, 3.05) is 0 Å². The van der Waals surface area contributed by atoms with Gasteiger partial charge < -0.3 is 0 Å². The minimum atomic E-state index is 0.187. The normalized spacial score (nSPS) is 20.6. The minimum absolute atomic E-state index is 0.187. The van der Waals surface area contributed by atoms with Crippen LogP contribution in [-0.2, 0) is 0 Å². The van der Waals surface area contributed by atoms with Crippen LogP contribution in [0.25, 0.3) is 0 Å². The highest BCUT2D eigenvalue weighted by Gasteiger charge is 2.11. The summed E-state index contributed by atoms with van der Waals surface area (Å²) < 4.78 is 0.187. The zero-order chi connectivity index (χ0) is 7.40. The lowest BCUT2D eigenvalue weighted by atomic mass is 9.96. The zero-order valence-electron chi connectivity index (χ0n) is 5.82. The fourth-order valence-electron chi connectivity index (χ4n) is 1.35. The van der Waals surface area contributed by atoms with Gasteiger partial charge in [0, 0.05) is 0 Å². The lowest BCUT2D eigenvalue weighted by molar-refractivity contribution is 0.444. The van der Waals surface area contributed by atoms with Crippen molar-refractivity contribution in [2.24, 2.45) is 4.99 Å². The number of halogens is 2. The molecule has 0 bridgehead atoms. The first-order chi connectivity index (χ1) is 4.79. The van der Waals surface area contributed by atoms with Gasteiger partial charge in [-0.2, -0.15) is 0 Å². The molecule has 1 fully saturated rings. The van der Waals surface area contributed by atoms with Gasteiger partial charge in [-0.15, -0.1) is 0 Å². The van der Waals surface area contributed by atoms with E-state index in [0.717, 1.165) is 12.8 Å². The standard InChI is InChI=1S/C7H11Cl2N/c8-7(9)10-6-4-2-1-3-5-6/h6H,1-5H2. The first kappa shape index (κ1) is 8.35. The van der Waals surface area contributed by atoms with Crippen molar-refractivity contribution in [2.45, 2.75) is 38.1 Å². The Labute approximate surface area is 71.4 Å². The van der Waals surface area contributed by atoms with Crippen LogP contribution in [0.2, 0.25) is 0 Å². The van der Waals surface area contributed by atoms with E-state index in [1.54, 1.807) is 0 Å². The summed E-state index contributed by atoms with van der Waals surface area (Å²) in [5, 5.41) is 0. The summed E-state index contributed by atoms with van der Waals surface area (Å²) in [6.07, 6.45) is 6.20. The van der Waals surface area contributed by atoms with Crippen molar-refractivity contribution in [3.63, 3.8) is 0 Å². The summed E-state index contributed by atoms with van der Waals surface area (Å²) in [5.74, 6) is 0. The Balaban J connectivity index is 2.33. The second kappa shape index (κ2) is 4.20. The van der Waals surface area contributed by atoms with E-state index < -0.39 is 0 Å². The third-order valence-electron chi connectivity index (χ3n) is 1.85. The van der Waals surface area contributed by atoms with Crippen LogP contribution in [0.15, 0.2) is 4.99 Å². The van der Waals surface area contributed by atoms with Gasteiger partial charge in [0.15, 0.2) is 4.63 Å². The molecular weight excluding hydrogens is 169 g/mol. The molecule has 0 amide bonds.